The molecule has 0 aliphatic rings. The summed E-state index contributed by atoms with van der Waals surface area (Å²) in [7, 11) is 1.81. The third-order valence-corrected chi connectivity index (χ3v) is 2.16. The van der Waals surface area contributed by atoms with Gasteiger partial charge in [0.1, 0.15) is 0 Å². The molecule has 1 amide bonds. The highest BCUT2D eigenvalue weighted by Crippen LogP contribution is 1.98. The average Bonchev–Trinajstić information content (AvgIpc) is 2.67. The molecule has 1 heterocycles. The number of hydrogen-bond donors (Lipinski definition) is 2. The molecule has 78 valence electrons. The SMILES string of the molecule is CN(CCc1ccc[nH]1)C(=O)CCN. The van der Waals surface area contributed by atoms with Crippen molar-refractivity contribution in [2.45, 2.75) is 12.8 Å². The second-order valence-corrected chi connectivity index (χ2v) is 3.30. The molecule has 0 aliphatic heterocycles. The molecule has 0 fully saturated rings. The van der Waals surface area contributed by atoms with Crippen molar-refractivity contribution in [2.24, 2.45) is 5.73 Å². The lowest BCUT2D eigenvalue weighted by Gasteiger charge is -2.15. The zero-order chi connectivity index (χ0) is 10.4. The van der Waals surface area contributed by atoms with Crippen molar-refractivity contribution in [3.8, 4) is 0 Å². The van der Waals surface area contributed by atoms with Crippen molar-refractivity contribution in [3.05, 3.63) is 24.0 Å². The van der Waals surface area contributed by atoms with Crippen LogP contribution in [0.15, 0.2) is 18.3 Å². The topological polar surface area (TPSA) is 62.1 Å². The van der Waals surface area contributed by atoms with E-state index in [9.17, 15) is 4.79 Å². The van der Waals surface area contributed by atoms with Gasteiger partial charge in [0, 0.05) is 44.9 Å². The molecule has 3 N–H and O–H groups in total. The van der Waals surface area contributed by atoms with Gasteiger partial charge >= 0.3 is 0 Å². The van der Waals surface area contributed by atoms with Gasteiger partial charge in [0.25, 0.3) is 0 Å². The van der Waals surface area contributed by atoms with Gasteiger partial charge in [-0.3, -0.25) is 4.79 Å². The minimum atomic E-state index is 0.110. The molecule has 0 atom stereocenters. The minimum absolute atomic E-state index is 0.110. The molecule has 1 aromatic rings. The number of likely N-dealkylation sites (N-methyl/N-ethyl adjacent to an activating group) is 1. The first-order chi connectivity index (χ1) is 6.74. The number of aromatic nitrogens is 1. The molecule has 0 saturated carbocycles. The minimum Gasteiger partial charge on any atom is -0.365 e. The number of nitrogens with one attached hydrogen (secondary N) is 1. The summed E-state index contributed by atoms with van der Waals surface area (Å²) in [5.41, 5.74) is 6.45. The summed E-state index contributed by atoms with van der Waals surface area (Å²) in [6, 6.07) is 3.97. The Bertz CT molecular complexity index is 269. The van der Waals surface area contributed by atoms with Crippen LogP contribution in [0.1, 0.15) is 12.1 Å². The van der Waals surface area contributed by atoms with Gasteiger partial charge in [-0.1, -0.05) is 0 Å². The van der Waals surface area contributed by atoms with E-state index in [1.165, 1.54) is 0 Å². The fourth-order valence-electron chi connectivity index (χ4n) is 1.25. The molecular weight excluding hydrogens is 178 g/mol. The van der Waals surface area contributed by atoms with Crippen LogP contribution >= 0.6 is 0 Å². The van der Waals surface area contributed by atoms with Crippen molar-refractivity contribution >= 4 is 5.91 Å². The fourth-order valence-corrected chi connectivity index (χ4v) is 1.25. The van der Waals surface area contributed by atoms with Gasteiger partial charge in [-0.25, -0.2) is 0 Å². The highest BCUT2D eigenvalue weighted by atomic mass is 16.2. The van der Waals surface area contributed by atoms with Crippen LogP contribution < -0.4 is 5.73 Å². The van der Waals surface area contributed by atoms with E-state index in [-0.39, 0.29) is 5.91 Å². The van der Waals surface area contributed by atoms with Crippen LogP contribution in [-0.2, 0) is 11.2 Å². The van der Waals surface area contributed by atoms with Gasteiger partial charge in [0.05, 0.1) is 0 Å². The zero-order valence-corrected chi connectivity index (χ0v) is 8.49. The summed E-state index contributed by atoms with van der Waals surface area (Å²) >= 11 is 0. The predicted octanol–water partition coefficient (Wildman–Crippen LogP) is 0.364. The number of carbonyl (C=O) groups excluding carboxylic acids is 1. The number of rotatable bonds is 5. The number of hydrogen-bond acceptors (Lipinski definition) is 2. The Balaban J connectivity index is 2.27. The monoisotopic (exact) mass is 195 g/mol. The van der Waals surface area contributed by atoms with Crippen molar-refractivity contribution in [1.82, 2.24) is 9.88 Å². The predicted molar refractivity (Wildman–Crippen MR) is 55.8 cm³/mol. The number of aromatic amines is 1. The van der Waals surface area contributed by atoms with E-state index >= 15 is 0 Å². The summed E-state index contributed by atoms with van der Waals surface area (Å²) in [4.78, 5) is 16.2. The Labute approximate surface area is 84.1 Å². The van der Waals surface area contributed by atoms with E-state index in [0.29, 0.717) is 13.0 Å². The number of nitrogens with zero attached hydrogens (tertiary/aromatic N) is 1. The highest BCUT2D eigenvalue weighted by Gasteiger charge is 2.06. The standard InChI is InChI=1S/C10H17N3O/c1-13(10(14)4-6-11)8-5-9-3-2-7-12-9/h2-3,7,12H,4-6,8,11H2,1H3. The molecule has 0 aromatic carbocycles. The van der Waals surface area contributed by atoms with Gasteiger partial charge < -0.3 is 15.6 Å². The highest BCUT2D eigenvalue weighted by molar-refractivity contribution is 5.75. The summed E-state index contributed by atoms with van der Waals surface area (Å²) in [6.45, 7) is 1.16. The molecule has 4 heteroatoms. The van der Waals surface area contributed by atoms with Gasteiger partial charge in [0.15, 0.2) is 0 Å². The lowest BCUT2D eigenvalue weighted by Crippen LogP contribution is -2.30. The number of carbonyl (C=O) groups is 1. The maximum absolute atomic E-state index is 11.3. The van der Waals surface area contributed by atoms with Gasteiger partial charge in [-0.2, -0.15) is 0 Å². The molecule has 0 saturated heterocycles. The smallest absolute Gasteiger partial charge is 0.223 e. The van der Waals surface area contributed by atoms with E-state index in [1.807, 2.05) is 18.3 Å². The number of nitrogens with two attached hydrogens (primary N) is 1. The summed E-state index contributed by atoms with van der Waals surface area (Å²) in [5.74, 6) is 0.110. The maximum atomic E-state index is 11.3. The Morgan fingerprint density at radius 1 is 1.64 bits per heavy atom. The van der Waals surface area contributed by atoms with Gasteiger partial charge in [0.2, 0.25) is 5.91 Å². The second-order valence-electron chi connectivity index (χ2n) is 3.30. The van der Waals surface area contributed by atoms with E-state index in [2.05, 4.69) is 4.98 Å². The van der Waals surface area contributed by atoms with Crippen LogP contribution in [0, 0.1) is 0 Å². The van der Waals surface area contributed by atoms with Crippen molar-refractivity contribution < 1.29 is 4.79 Å². The summed E-state index contributed by atoms with van der Waals surface area (Å²) in [6.07, 6.45) is 3.18. The number of H-pyrrole nitrogens is 1. The lowest BCUT2D eigenvalue weighted by molar-refractivity contribution is -0.129. The summed E-state index contributed by atoms with van der Waals surface area (Å²) < 4.78 is 0. The first-order valence-electron chi connectivity index (χ1n) is 4.80. The molecule has 1 rings (SSSR count). The first kappa shape index (κ1) is 10.8. The van der Waals surface area contributed by atoms with Crippen LogP contribution in [0.4, 0.5) is 0 Å². The second kappa shape index (κ2) is 5.44. The maximum Gasteiger partial charge on any atom is 0.223 e. The van der Waals surface area contributed by atoms with E-state index < -0.39 is 0 Å². The van der Waals surface area contributed by atoms with E-state index in [0.717, 1.165) is 18.7 Å². The Hall–Kier alpha value is -1.29. The molecule has 4 nitrogen and oxygen atoms in total. The van der Waals surface area contributed by atoms with Crippen LogP contribution in [0.25, 0.3) is 0 Å². The third kappa shape index (κ3) is 3.22. The molecular formula is C10H17N3O. The molecule has 0 unspecified atom stereocenters. The van der Waals surface area contributed by atoms with Gasteiger partial charge in [-0.15, -0.1) is 0 Å². The van der Waals surface area contributed by atoms with Crippen LogP contribution in [0.2, 0.25) is 0 Å². The molecule has 0 spiro atoms. The first-order valence-corrected chi connectivity index (χ1v) is 4.80. The normalized spacial score (nSPS) is 10.1. The van der Waals surface area contributed by atoms with Crippen LogP contribution in [-0.4, -0.2) is 35.9 Å². The van der Waals surface area contributed by atoms with Gasteiger partial charge in [-0.05, 0) is 12.1 Å². The Morgan fingerprint density at radius 3 is 3.00 bits per heavy atom. The van der Waals surface area contributed by atoms with Crippen molar-refractivity contribution in [1.29, 1.82) is 0 Å². The summed E-state index contributed by atoms with van der Waals surface area (Å²) in [5, 5.41) is 0. The zero-order valence-electron chi connectivity index (χ0n) is 8.49. The van der Waals surface area contributed by atoms with Crippen molar-refractivity contribution in [3.63, 3.8) is 0 Å². The van der Waals surface area contributed by atoms with Crippen molar-refractivity contribution in [2.75, 3.05) is 20.1 Å². The van der Waals surface area contributed by atoms with Crippen LogP contribution in [0.3, 0.4) is 0 Å². The lowest BCUT2D eigenvalue weighted by atomic mass is 10.3. The average molecular weight is 195 g/mol. The quantitative estimate of drug-likeness (QED) is 0.712. The van der Waals surface area contributed by atoms with E-state index in [1.54, 1.807) is 11.9 Å². The molecule has 1 aromatic heterocycles. The molecule has 14 heavy (non-hydrogen) atoms. The molecule has 0 radical (unpaired) electrons. The Morgan fingerprint density at radius 2 is 2.43 bits per heavy atom. The third-order valence-electron chi connectivity index (χ3n) is 2.16. The number of amides is 1. The Kier molecular flexibility index (Phi) is 4.19. The van der Waals surface area contributed by atoms with Crippen LogP contribution in [0.5, 0.6) is 0 Å². The molecule has 0 aliphatic carbocycles. The molecule has 0 bridgehead atoms. The van der Waals surface area contributed by atoms with E-state index in [4.69, 9.17) is 5.73 Å². The fraction of sp³-hybridized carbons (Fsp3) is 0.500. The largest absolute Gasteiger partial charge is 0.365 e.